The van der Waals surface area contributed by atoms with Gasteiger partial charge in [0.15, 0.2) is 7.28 Å². The molecule has 0 saturated carbocycles. The van der Waals surface area contributed by atoms with Gasteiger partial charge in [-0.25, -0.2) is 0 Å². The van der Waals surface area contributed by atoms with E-state index in [0.29, 0.717) is 0 Å². The summed E-state index contributed by atoms with van der Waals surface area (Å²) >= 11 is 0. The van der Waals surface area contributed by atoms with Gasteiger partial charge in [-0.05, 0) is 64.6 Å². The Balaban J connectivity index is 1.26. The highest BCUT2D eigenvalue weighted by atomic mass is 15.1. The molecule has 0 radical (unpaired) electrons. The number of H-pyrrole nitrogens is 1. The lowest BCUT2D eigenvalue weighted by Crippen LogP contribution is -2.37. The van der Waals surface area contributed by atoms with Crippen LogP contribution in [-0.2, 0) is 5.41 Å². The van der Waals surface area contributed by atoms with Crippen LogP contribution in [0, 0.1) is 0 Å². The lowest BCUT2D eigenvalue weighted by atomic mass is 9.59. The molecule has 51 heavy (non-hydrogen) atoms. The summed E-state index contributed by atoms with van der Waals surface area (Å²) in [6, 6.07) is 57.9. The molecule has 0 unspecified atom stereocenters. The number of aromatic nitrogens is 2. The van der Waals surface area contributed by atoms with Crippen LogP contribution < -0.4 is 15.8 Å². The van der Waals surface area contributed by atoms with Gasteiger partial charge < -0.3 is 14.5 Å². The smallest absolute Gasteiger partial charge is 0.198 e. The van der Waals surface area contributed by atoms with Gasteiger partial charge in [-0.1, -0.05) is 135 Å². The third-order valence-electron chi connectivity index (χ3n) is 11.5. The van der Waals surface area contributed by atoms with E-state index >= 15 is 0 Å². The minimum atomic E-state index is -0.101. The molecule has 1 N–H and O–H groups in total. The van der Waals surface area contributed by atoms with Crippen molar-refractivity contribution in [1.29, 1.82) is 0 Å². The first-order valence-corrected chi connectivity index (χ1v) is 17.9. The zero-order valence-electron chi connectivity index (χ0n) is 28.6. The Bertz CT molecular complexity index is 2820. The normalized spacial score (nSPS) is 13.6. The van der Waals surface area contributed by atoms with E-state index < -0.39 is 0 Å². The van der Waals surface area contributed by atoms with E-state index in [1.165, 1.54) is 82.8 Å². The zero-order valence-corrected chi connectivity index (χ0v) is 28.6. The molecule has 7 aromatic carbocycles. The predicted octanol–water partition coefficient (Wildman–Crippen LogP) is 10.4. The summed E-state index contributed by atoms with van der Waals surface area (Å²) in [5.41, 5.74) is 18.8. The van der Waals surface area contributed by atoms with Crippen LogP contribution in [0.15, 0.2) is 158 Å². The second kappa shape index (κ2) is 10.4. The van der Waals surface area contributed by atoms with Gasteiger partial charge in [0.05, 0.1) is 16.7 Å². The van der Waals surface area contributed by atoms with Gasteiger partial charge in [0.2, 0.25) is 0 Å². The molecule has 0 amide bonds. The van der Waals surface area contributed by atoms with Gasteiger partial charge in [-0.15, -0.1) is 0 Å². The first-order chi connectivity index (χ1) is 25.1. The summed E-state index contributed by atoms with van der Waals surface area (Å²) in [7, 11) is 0.862. The van der Waals surface area contributed by atoms with Crippen LogP contribution in [0.1, 0.15) is 25.0 Å². The van der Waals surface area contributed by atoms with Gasteiger partial charge >= 0.3 is 0 Å². The molecule has 2 aliphatic rings. The number of rotatable bonds is 4. The maximum atomic E-state index is 4.02. The molecule has 0 bridgehead atoms. The van der Waals surface area contributed by atoms with Crippen LogP contribution in [0.25, 0.3) is 60.8 Å². The number of aromatic amines is 1. The van der Waals surface area contributed by atoms with Crippen molar-refractivity contribution in [2.75, 3.05) is 4.90 Å². The Morgan fingerprint density at radius 3 is 2.02 bits per heavy atom. The minimum Gasteiger partial charge on any atom is -0.354 e. The predicted molar refractivity (Wildman–Crippen MR) is 217 cm³/mol. The van der Waals surface area contributed by atoms with Crippen molar-refractivity contribution in [1.82, 2.24) is 9.55 Å². The largest absolute Gasteiger partial charge is 0.354 e. The van der Waals surface area contributed by atoms with Gasteiger partial charge in [0, 0.05) is 61.0 Å². The average molecular weight is 652 g/mol. The van der Waals surface area contributed by atoms with Crippen LogP contribution in [0.2, 0.25) is 0 Å². The quantitative estimate of drug-likeness (QED) is 0.188. The fourth-order valence-corrected chi connectivity index (χ4v) is 9.34. The molecule has 3 heterocycles. The number of nitrogens with zero attached hydrogens (tertiary/aromatic N) is 2. The number of hydrogen-bond acceptors (Lipinski definition) is 1. The SMILES string of the molecule is CC1(C)c2ccccc2-c2[nH]c3c(-c4cc(N(c5ccccc5)c5ccccc5)cc5c4Bc4cccc6c7ccccc7n-5c46)cccc3c21. The molecule has 0 saturated heterocycles. The summed E-state index contributed by atoms with van der Waals surface area (Å²) in [4.78, 5) is 6.42. The molecule has 1 aliphatic carbocycles. The zero-order chi connectivity index (χ0) is 33.8. The highest BCUT2D eigenvalue weighted by molar-refractivity contribution is 6.73. The average Bonchev–Trinajstić information content (AvgIpc) is 3.81. The van der Waals surface area contributed by atoms with Gasteiger partial charge in [0.25, 0.3) is 0 Å². The molecule has 0 atom stereocenters. The Labute approximate surface area is 297 Å². The highest BCUT2D eigenvalue weighted by Gasteiger charge is 2.39. The van der Waals surface area contributed by atoms with E-state index in [1.54, 1.807) is 0 Å². The standard InChI is InChI=1S/C47H34BN3/c1-47(2)38-24-11-9-20-35(38)45-42(47)36-23-13-21-33(44(36)49-45)37-27-31(50(29-15-5-3-6-16-29)30-17-7-4-8-18-30)28-41-43(37)48-39-25-14-22-34-32-19-10-12-26-40(32)51(41)46(34)39/h3-28,48-49H,1-2H3. The number of para-hydroxylation sites is 5. The van der Waals surface area contributed by atoms with Crippen LogP contribution in [0.5, 0.6) is 0 Å². The van der Waals surface area contributed by atoms with Crippen LogP contribution >= 0.6 is 0 Å². The van der Waals surface area contributed by atoms with Gasteiger partial charge in [-0.3, -0.25) is 0 Å². The third kappa shape index (κ3) is 3.90. The monoisotopic (exact) mass is 651 g/mol. The van der Waals surface area contributed by atoms with Crippen molar-refractivity contribution >= 4 is 68.0 Å². The molecule has 2 aromatic heterocycles. The molecule has 0 fully saturated rings. The van der Waals surface area contributed by atoms with E-state index in [1.807, 2.05) is 0 Å². The number of benzene rings is 7. The highest BCUT2D eigenvalue weighted by Crippen LogP contribution is 2.52. The second-order valence-electron chi connectivity index (χ2n) is 14.6. The lowest BCUT2D eigenvalue weighted by molar-refractivity contribution is 0.666. The second-order valence-corrected chi connectivity index (χ2v) is 14.6. The van der Waals surface area contributed by atoms with Gasteiger partial charge in [0.1, 0.15) is 0 Å². The van der Waals surface area contributed by atoms with Crippen LogP contribution in [0.4, 0.5) is 17.1 Å². The first kappa shape index (κ1) is 28.6. The fraction of sp³-hybridized carbons (Fsp3) is 0.0638. The molecule has 9 aromatic rings. The van der Waals surface area contributed by atoms with Crippen LogP contribution in [0.3, 0.4) is 0 Å². The van der Waals surface area contributed by atoms with Crippen molar-refractivity contribution in [3.05, 3.63) is 169 Å². The third-order valence-corrected chi connectivity index (χ3v) is 11.5. The summed E-state index contributed by atoms with van der Waals surface area (Å²) < 4.78 is 2.54. The maximum absolute atomic E-state index is 4.02. The molecule has 3 nitrogen and oxygen atoms in total. The number of hydrogen-bond donors (Lipinski definition) is 1. The first-order valence-electron chi connectivity index (χ1n) is 17.9. The molecule has 11 rings (SSSR count). The summed E-state index contributed by atoms with van der Waals surface area (Å²) in [5, 5.41) is 3.91. The molecule has 0 spiro atoms. The fourth-order valence-electron chi connectivity index (χ4n) is 9.34. The molecular formula is C47H34BN3. The van der Waals surface area contributed by atoms with E-state index in [9.17, 15) is 0 Å². The molecular weight excluding hydrogens is 617 g/mol. The van der Waals surface area contributed by atoms with Crippen molar-refractivity contribution in [3.8, 4) is 28.1 Å². The van der Waals surface area contributed by atoms with Crippen molar-refractivity contribution in [3.63, 3.8) is 0 Å². The van der Waals surface area contributed by atoms with Crippen molar-refractivity contribution < 1.29 is 0 Å². The summed E-state index contributed by atoms with van der Waals surface area (Å²) in [6.45, 7) is 4.74. The number of nitrogens with one attached hydrogen (secondary N) is 1. The minimum absolute atomic E-state index is 0.101. The molecule has 240 valence electrons. The molecule has 1 aliphatic heterocycles. The Kier molecular flexibility index (Phi) is 5.82. The molecule has 4 heteroatoms. The Morgan fingerprint density at radius 1 is 0.569 bits per heavy atom. The van der Waals surface area contributed by atoms with E-state index in [2.05, 4.69) is 186 Å². The van der Waals surface area contributed by atoms with E-state index in [-0.39, 0.29) is 5.41 Å². The van der Waals surface area contributed by atoms with E-state index in [0.717, 1.165) is 24.3 Å². The van der Waals surface area contributed by atoms with Crippen LogP contribution in [-0.4, -0.2) is 16.8 Å². The van der Waals surface area contributed by atoms with Gasteiger partial charge in [-0.2, -0.15) is 0 Å². The Morgan fingerprint density at radius 2 is 1.22 bits per heavy atom. The Hall–Kier alpha value is -6.26. The van der Waals surface area contributed by atoms with Crippen molar-refractivity contribution in [2.24, 2.45) is 0 Å². The van der Waals surface area contributed by atoms with Crippen molar-refractivity contribution in [2.45, 2.75) is 19.3 Å². The number of anilines is 3. The topological polar surface area (TPSA) is 24.0 Å². The number of fused-ring (bicyclic) bond motifs is 10. The van der Waals surface area contributed by atoms with E-state index in [4.69, 9.17) is 0 Å². The maximum Gasteiger partial charge on any atom is 0.198 e. The summed E-state index contributed by atoms with van der Waals surface area (Å²) in [5.74, 6) is 0. The summed E-state index contributed by atoms with van der Waals surface area (Å²) in [6.07, 6.45) is 0. The lowest BCUT2D eigenvalue weighted by Gasteiger charge is -2.30.